The Kier molecular flexibility index (Phi) is 6.11. The van der Waals surface area contributed by atoms with Gasteiger partial charge in [0.05, 0.1) is 18.8 Å². The molecule has 146 valence electrons. The second-order valence-electron chi connectivity index (χ2n) is 7.38. The second kappa shape index (κ2) is 8.35. The summed E-state index contributed by atoms with van der Waals surface area (Å²) in [7, 11) is 0. The average molecular weight is 410 g/mol. The topological polar surface area (TPSA) is 63.7 Å². The molecule has 0 radical (unpaired) electrons. The molecule has 1 aliphatic heterocycles. The summed E-state index contributed by atoms with van der Waals surface area (Å²) in [5, 5.41) is 3.36. The minimum Gasteiger partial charge on any atom is -0.486 e. The Bertz CT molecular complexity index is 791. The summed E-state index contributed by atoms with van der Waals surface area (Å²) >= 11 is 7.33. The molecule has 1 amide bonds. The lowest BCUT2D eigenvalue weighted by molar-refractivity contribution is 0.0276. The number of benzene rings is 1. The quantitative estimate of drug-likeness (QED) is 0.768. The largest absolute Gasteiger partial charge is 0.486 e. The van der Waals surface area contributed by atoms with Crippen molar-refractivity contribution in [3.8, 4) is 5.75 Å². The molecule has 6 nitrogen and oxygen atoms in total. The molecule has 1 aliphatic rings. The molecule has 0 bridgehead atoms. The van der Waals surface area contributed by atoms with Crippen LogP contribution in [0.25, 0.3) is 0 Å². The number of rotatable bonds is 5. The summed E-state index contributed by atoms with van der Waals surface area (Å²) in [5.41, 5.74) is 0.407. The van der Waals surface area contributed by atoms with E-state index in [0.717, 1.165) is 22.7 Å². The smallest absolute Gasteiger partial charge is 0.410 e. The van der Waals surface area contributed by atoms with E-state index in [1.165, 1.54) is 11.3 Å². The van der Waals surface area contributed by atoms with Crippen molar-refractivity contribution in [2.24, 2.45) is 0 Å². The van der Waals surface area contributed by atoms with Crippen LogP contribution >= 0.6 is 22.9 Å². The SMILES string of the molecule is CC(C)(C)OC(=O)N1CCC(Oc2ccccc2NCc2cnc(Cl)s2)C1. The first-order chi connectivity index (χ1) is 12.8. The Morgan fingerprint density at radius 2 is 2.19 bits per heavy atom. The Morgan fingerprint density at radius 3 is 2.89 bits per heavy atom. The van der Waals surface area contributed by atoms with Crippen LogP contribution in [0, 0.1) is 0 Å². The van der Waals surface area contributed by atoms with Crippen molar-refractivity contribution in [2.75, 3.05) is 18.4 Å². The zero-order chi connectivity index (χ0) is 19.4. The molecular formula is C19H24ClN3O3S. The highest BCUT2D eigenvalue weighted by atomic mass is 35.5. The van der Waals surface area contributed by atoms with Crippen molar-refractivity contribution in [3.63, 3.8) is 0 Å². The molecule has 0 aliphatic carbocycles. The van der Waals surface area contributed by atoms with E-state index in [-0.39, 0.29) is 12.2 Å². The van der Waals surface area contributed by atoms with Crippen molar-refractivity contribution >= 4 is 34.7 Å². The number of aromatic nitrogens is 1. The molecule has 2 aromatic rings. The maximum Gasteiger partial charge on any atom is 0.410 e. The Labute approximate surface area is 168 Å². The monoisotopic (exact) mass is 409 g/mol. The highest BCUT2D eigenvalue weighted by Gasteiger charge is 2.31. The molecule has 1 unspecified atom stereocenters. The van der Waals surface area contributed by atoms with Crippen LogP contribution in [-0.2, 0) is 11.3 Å². The van der Waals surface area contributed by atoms with Crippen LogP contribution in [0.4, 0.5) is 10.5 Å². The van der Waals surface area contributed by atoms with Crippen molar-refractivity contribution in [1.82, 2.24) is 9.88 Å². The molecule has 8 heteroatoms. The number of thiazole rings is 1. The van der Waals surface area contributed by atoms with Crippen LogP contribution in [0.2, 0.25) is 4.47 Å². The van der Waals surface area contributed by atoms with Gasteiger partial charge in [-0.1, -0.05) is 23.7 Å². The first-order valence-electron chi connectivity index (χ1n) is 8.88. The van der Waals surface area contributed by atoms with Gasteiger partial charge in [-0.25, -0.2) is 9.78 Å². The highest BCUT2D eigenvalue weighted by Crippen LogP contribution is 2.28. The fourth-order valence-corrected chi connectivity index (χ4v) is 3.68. The molecule has 1 saturated heterocycles. The number of amides is 1. The number of hydrogen-bond acceptors (Lipinski definition) is 6. The van der Waals surface area contributed by atoms with Crippen molar-refractivity contribution in [3.05, 3.63) is 39.8 Å². The van der Waals surface area contributed by atoms with Crippen molar-refractivity contribution in [2.45, 2.75) is 45.4 Å². The molecule has 0 saturated carbocycles. The van der Waals surface area contributed by atoms with Gasteiger partial charge in [-0.2, -0.15) is 0 Å². The molecule has 1 fully saturated rings. The number of para-hydroxylation sites is 2. The minimum atomic E-state index is -0.494. The molecule has 1 atom stereocenters. The summed E-state index contributed by atoms with van der Waals surface area (Å²) in [6.45, 7) is 7.38. The van der Waals surface area contributed by atoms with Crippen molar-refractivity contribution in [1.29, 1.82) is 0 Å². The van der Waals surface area contributed by atoms with E-state index in [9.17, 15) is 4.79 Å². The second-order valence-corrected chi connectivity index (χ2v) is 9.08. The van der Waals surface area contributed by atoms with Crippen LogP contribution in [0.3, 0.4) is 0 Å². The third-order valence-electron chi connectivity index (χ3n) is 3.96. The van der Waals surface area contributed by atoms with Gasteiger partial charge in [0.1, 0.15) is 17.5 Å². The number of nitrogens with one attached hydrogen (secondary N) is 1. The van der Waals surface area contributed by atoms with Gasteiger partial charge >= 0.3 is 6.09 Å². The first kappa shape index (κ1) is 19.8. The molecule has 0 spiro atoms. The number of anilines is 1. The Morgan fingerprint density at radius 1 is 1.41 bits per heavy atom. The lowest BCUT2D eigenvalue weighted by Crippen LogP contribution is -2.36. The van der Waals surface area contributed by atoms with Gasteiger partial charge in [0.15, 0.2) is 4.47 Å². The maximum absolute atomic E-state index is 12.2. The fraction of sp³-hybridized carbons (Fsp3) is 0.474. The predicted octanol–water partition coefficient (Wildman–Crippen LogP) is 4.80. The van der Waals surface area contributed by atoms with Crippen LogP contribution in [-0.4, -0.2) is 40.8 Å². The molecule has 2 heterocycles. The van der Waals surface area contributed by atoms with Gasteiger partial charge < -0.3 is 19.7 Å². The number of halogens is 1. The minimum absolute atomic E-state index is 0.0571. The Balaban J connectivity index is 1.57. The summed E-state index contributed by atoms with van der Waals surface area (Å²) < 4.78 is 12.1. The number of nitrogens with zero attached hydrogens (tertiary/aromatic N) is 2. The summed E-state index contributed by atoms with van der Waals surface area (Å²) in [5.74, 6) is 0.768. The number of carbonyl (C=O) groups is 1. The van der Waals surface area contributed by atoms with Crippen LogP contribution in [0.1, 0.15) is 32.1 Å². The number of likely N-dealkylation sites (tertiary alicyclic amines) is 1. The van der Waals surface area contributed by atoms with E-state index >= 15 is 0 Å². The summed E-state index contributed by atoms with van der Waals surface area (Å²) in [6.07, 6.45) is 2.19. The molecule has 1 aromatic heterocycles. The van der Waals surface area contributed by atoms with E-state index in [0.29, 0.717) is 24.1 Å². The lowest BCUT2D eigenvalue weighted by atomic mass is 10.2. The molecule has 1 aromatic carbocycles. The van der Waals surface area contributed by atoms with Crippen LogP contribution in [0.15, 0.2) is 30.5 Å². The third-order valence-corrected chi connectivity index (χ3v) is 5.07. The zero-order valence-electron chi connectivity index (χ0n) is 15.7. The van der Waals surface area contributed by atoms with Gasteiger partial charge in [0.25, 0.3) is 0 Å². The number of hydrogen-bond donors (Lipinski definition) is 1. The molecule has 27 heavy (non-hydrogen) atoms. The maximum atomic E-state index is 12.2. The zero-order valence-corrected chi connectivity index (χ0v) is 17.3. The average Bonchev–Trinajstić information content (AvgIpc) is 3.22. The molecule has 1 N–H and O–H groups in total. The van der Waals surface area contributed by atoms with E-state index in [4.69, 9.17) is 21.1 Å². The van der Waals surface area contributed by atoms with Crippen LogP contribution < -0.4 is 10.1 Å². The van der Waals surface area contributed by atoms with Gasteiger partial charge in [0.2, 0.25) is 0 Å². The van der Waals surface area contributed by atoms with Gasteiger partial charge in [-0.15, -0.1) is 11.3 Å². The molecular weight excluding hydrogens is 386 g/mol. The van der Waals surface area contributed by atoms with E-state index < -0.39 is 5.60 Å². The molecule has 3 rings (SSSR count). The Hall–Kier alpha value is -1.99. The van der Waals surface area contributed by atoms with Gasteiger partial charge in [0, 0.05) is 24.0 Å². The highest BCUT2D eigenvalue weighted by molar-refractivity contribution is 7.15. The normalized spacial score (nSPS) is 17.0. The first-order valence-corrected chi connectivity index (χ1v) is 10.1. The van der Waals surface area contributed by atoms with Gasteiger partial charge in [-0.3, -0.25) is 0 Å². The van der Waals surface area contributed by atoms with E-state index in [1.807, 2.05) is 45.0 Å². The van der Waals surface area contributed by atoms with Crippen LogP contribution in [0.5, 0.6) is 5.75 Å². The number of carbonyl (C=O) groups excluding carboxylic acids is 1. The van der Waals surface area contributed by atoms with Gasteiger partial charge in [-0.05, 0) is 32.9 Å². The third kappa shape index (κ3) is 5.74. The standard InChI is InChI=1S/C19H24ClN3O3S/c1-19(2,3)26-18(24)23-9-8-13(12-23)25-16-7-5-4-6-15(16)21-10-14-11-22-17(20)27-14/h4-7,11,13,21H,8-10,12H2,1-3H3. The summed E-state index contributed by atoms with van der Waals surface area (Å²) in [4.78, 5) is 19.0. The fourth-order valence-electron chi connectivity index (χ4n) is 2.76. The van der Waals surface area contributed by atoms with E-state index in [2.05, 4.69) is 10.3 Å². The lowest BCUT2D eigenvalue weighted by Gasteiger charge is -2.24. The van der Waals surface area contributed by atoms with Crippen molar-refractivity contribution < 1.29 is 14.3 Å². The summed E-state index contributed by atoms with van der Waals surface area (Å²) in [6, 6.07) is 7.79. The predicted molar refractivity (Wildman–Crippen MR) is 108 cm³/mol. The number of ether oxygens (including phenoxy) is 2. The van der Waals surface area contributed by atoms with E-state index in [1.54, 1.807) is 11.1 Å².